The smallest absolute Gasteiger partial charge is 0.388 e. The van der Waals surface area contributed by atoms with Crippen LogP contribution in [0.2, 0.25) is 0 Å². The van der Waals surface area contributed by atoms with Crippen LogP contribution in [0.15, 0.2) is 29.4 Å². The summed E-state index contributed by atoms with van der Waals surface area (Å²) in [4.78, 5) is 0. The molecule has 0 bridgehead atoms. The van der Waals surface area contributed by atoms with Crippen molar-refractivity contribution in [1.29, 1.82) is 0 Å². The van der Waals surface area contributed by atoms with Crippen molar-refractivity contribution >= 4 is 11.8 Å². The zero-order chi connectivity index (χ0) is 15.5. The molecule has 1 aromatic heterocycles. The number of aliphatic hydroxyl groups is 1. The van der Waals surface area contributed by atoms with Gasteiger partial charge in [-0.05, 0) is 28.1 Å². The number of aromatic nitrogens is 4. The maximum Gasteiger partial charge on any atom is 0.408 e. The first-order valence-electron chi connectivity index (χ1n) is 5.74. The van der Waals surface area contributed by atoms with Crippen LogP contribution >= 0.6 is 11.8 Å². The van der Waals surface area contributed by atoms with E-state index in [9.17, 15) is 22.7 Å². The molecule has 114 valence electrons. The van der Waals surface area contributed by atoms with Crippen LogP contribution in [0.5, 0.6) is 0 Å². The number of nitrogens with zero attached hydrogens (tertiary/aromatic N) is 4. The second-order valence-corrected chi connectivity index (χ2v) is 5.10. The Kier molecular flexibility index (Phi) is 4.78. The van der Waals surface area contributed by atoms with E-state index in [-0.39, 0.29) is 10.9 Å². The number of aliphatic hydroxyl groups excluding tert-OH is 1. The highest BCUT2D eigenvalue weighted by atomic mass is 32.2. The highest BCUT2D eigenvalue weighted by Gasteiger charge is 2.30. The molecule has 0 aliphatic rings. The minimum Gasteiger partial charge on any atom is -0.388 e. The monoisotopic (exact) mass is 322 g/mol. The molecule has 0 aliphatic carbocycles. The van der Waals surface area contributed by atoms with Gasteiger partial charge in [0.25, 0.3) is 0 Å². The van der Waals surface area contributed by atoms with Gasteiger partial charge in [-0.2, -0.15) is 13.2 Å². The minimum atomic E-state index is -4.43. The Morgan fingerprint density at radius 3 is 2.52 bits per heavy atom. The fraction of sp³-hybridized carbons (Fsp3) is 0.364. The third-order valence-electron chi connectivity index (χ3n) is 2.45. The molecule has 0 fully saturated rings. The summed E-state index contributed by atoms with van der Waals surface area (Å²) in [6.07, 6.45) is -5.40. The highest BCUT2D eigenvalue weighted by Crippen LogP contribution is 2.25. The molecule has 1 N–H and O–H groups in total. The van der Waals surface area contributed by atoms with Crippen molar-refractivity contribution in [2.45, 2.75) is 24.0 Å². The molecule has 0 spiro atoms. The van der Waals surface area contributed by atoms with E-state index in [0.29, 0.717) is 10.2 Å². The summed E-state index contributed by atoms with van der Waals surface area (Å²) in [6.45, 7) is -1.30. The van der Waals surface area contributed by atoms with Crippen LogP contribution in [0.1, 0.15) is 11.7 Å². The predicted molar refractivity (Wildman–Crippen MR) is 66.0 cm³/mol. The van der Waals surface area contributed by atoms with Crippen molar-refractivity contribution < 1.29 is 22.7 Å². The van der Waals surface area contributed by atoms with Gasteiger partial charge in [0, 0.05) is 5.75 Å². The van der Waals surface area contributed by atoms with Gasteiger partial charge in [0.2, 0.25) is 5.16 Å². The minimum absolute atomic E-state index is 0.0455. The Bertz CT molecular complexity index is 587. The SMILES string of the molecule is OC(CSc1nnnn1CC(F)(F)F)c1ccc(F)cc1. The van der Waals surface area contributed by atoms with Crippen molar-refractivity contribution in [3.8, 4) is 0 Å². The van der Waals surface area contributed by atoms with Gasteiger partial charge in [-0.3, -0.25) is 0 Å². The molecule has 1 aromatic carbocycles. The first-order valence-corrected chi connectivity index (χ1v) is 6.73. The molecular formula is C11H10F4N4OS. The number of hydrogen-bond donors (Lipinski definition) is 1. The number of halogens is 4. The van der Waals surface area contributed by atoms with E-state index in [2.05, 4.69) is 15.5 Å². The van der Waals surface area contributed by atoms with Crippen LogP contribution < -0.4 is 0 Å². The van der Waals surface area contributed by atoms with Crippen molar-refractivity contribution in [2.24, 2.45) is 0 Å². The Hall–Kier alpha value is -1.68. The maximum atomic E-state index is 12.7. The van der Waals surface area contributed by atoms with Gasteiger partial charge in [-0.15, -0.1) is 5.10 Å². The second-order valence-electron chi connectivity index (χ2n) is 4.11. The first-order chi connectivity index (χ1) is 9.85. The Balaban J connectivity index is 1.97. The van der Waals surface area contributed by atoms with Gasteiger partial charge in [-0.1, -0.05) is 23.9 Å². The van der Waals surface area contributed by atoms with Crippen LogP contribution in [-0.2, 0) is 6.54 Å². The van der Waals surface area contributed by atoms with Crippen LogP contribution in [0, 0.1) is 5.82 Å². The Morgan fingerprint density at radius 2 is 1.90 bits per heavy atom. The molecule has 21 heavy (non-hydrogen) atoms. The fourth-order valence-electron chi connectivity index (χ4n) is 1.50. The van der Waals surface area contributed by atoms with Crippen LogP contribution in [-0.4, -0.2) is 37.2 Å². The third kappa shape index (κ3) is 4.67. The summed E-state index contributed by atoms with van der Waals surface area (Å²) in [5.74, 6) is -0.392. The summed E-state index contributed by atoms with van der Waals surface area (Å²) in [5, 5.41) is 19.7. The summed E-state index contributed by atoms with van der Waals surface area (Å²) in [5.41, 5.74) is 0.457. The number of alkyl halides is 3. The molecule has 2 rings (SSSR count). The summed E-state index contributed by atoms with van der Waals surface area (Å²) < 4.78 is 50.2. The van der Waals surface area contributed by atoms with Gasteiger partial charge in [0.1, 0.15) is 12.4 Å². The van der Waals surface area contributed by atoms with Crippen molar-refractivity contribution in [1.82, 2.24) is 20.2 Å². The first kappa shape index (κ1) is 15.7. The molecule has 5 nitrogen and oxygen atoms in total. The Labute approximate surface area is 121 Å². The number of benzene rings is 1. The lowest BCUT2D eigenvalue weighted by molar-refractivity contribution is -0.144. The van der Waals surface area contributed by atoms with Gasteiger partial charge in [-0.25, -0.2) is 9.07 Å². The molecule has 1 unspecified atom stereocenters. The fourth-order valence-corrected chi connectivity index (χ4v) is 2.35. The molecule has 0 saturated carbocycles. The van der Waals surface area contributed by atoms with E-state index in [0.717, 1.165) is 11.8 Å². The molecule has 0 amide bonds. The van der Waals surface area contributed by atoms with Crippen molar-refractivity contribution in [3.63, 3.8) is 0 Å². The molecule has 0 aliphatic heterocycles. The zero-order valence-electron chi connectivity index (χ0n) is 10.5. The predicted octanol–water partition coefficient (Wildman–Crippen LogP) is 2.20. The molecule has 2 aromatic rings. The van der Waals surface area contributed by atoms with Crippen molar-refractivity contribution in [3.05, 3.63) is 35.6 Å². The van der Waals surface area contributed by atoms with E-state index >= 15 is 0 Å². The summed E-state index contributed by atoms with van der Waals surface area (Å²) in [6, 6.07) is 5.19. The normalized spacial score (nSPS) is 13.4. The molecule has 10 heteroatoms. The van der Waals surface area contributed by atoms with Gasteiger partial charge in [0.05, 0.1) is 6.10 Å². The van der Waals surface area contributed by atoms with Crippen LogP contribution in [0.25, 0.3) is 0 Å². The largest absolute Gasteiger partial charge is 0.408 e. The quantitative estimate of drug-likeness (QED) is 0.675. The molecule has 0 radical (unpaired) electrons. The standard InChI is InChI=1S/C11H10F4N4OS/c12-8-3-1-7(2-4-8)9(20)5-21-10-16-17-18-19(10)6-11(13,14)15/h1-4,9,20H,5-6H2. The molecule has 1 heterocycles. The van der Waals surface area contributed by atoms with E-state index in [1.807, 2.05) is 0 Å². The molecular weight excluding hydrogens is 312 g/mol. The Morgan fingerprint density at radius 1 is 1.24 bits per heavy atom. The lowest BCUT2D eigenvalue weighted by atomic mass is 10.1. The van der Waals surface area contributed by atoms with Crippen molar-refractivity contribution in [2.75, 3.05) is 5.75 Å². The van der Waals surface area contributed by atoms with Gasteiger partial charge < -0.3 is 5.11 Å². The number of tetrazole rings is 1. The summed E-state index contributed by atoms with van der Waals surface area (Å²) >= 11 is 0.885. The number of thioether (sulfide) groups is 1. The lowest BCUT2D eigenvalue weighted by Gasteiger charge is -2.11. The second kappa shape index (κ2) is 6.39. The van der Waals surface area contributed by atoms with E-state index in [1.54, 1.807) is 0 Å². The van der Waals surface area contributed by atoms with E-state index < -0.39 is 24.6 Å². The van der Waals surface area contributed by atoms with Crippen LogP contribution in [0.4, 0.5) is 17.6 Å². The molecule has 1 atom stereocenters. The van der Waals surface area contributed by atoms with Crippen LogP contribution in [0.3, 0.4) is 0 Å². The van der Waals surface area contributed by atoms with Gasteiger partial charge in [0.15, 0.2) is 0 Å². The van der Waals surface area contributed by atoms with E-state index in [1.165, 1.54) is 24.3 Å². The van der Waals surface area contributed by atoms with Gasteiger partial charge >= 0.3 is 6.18 Å². The average molecular weight is 322 g/mol. The number of rotatable bonds is 5. The maximum absolute atomic E-state index is 12.7. The third-order valence-corrected chi connectivity index (χ3v) is 3.49. The average Bonchev–Trinajstić information content (AvgIpc) is 2.82. The zero-order valence-corrected chi connectivity index (χ0v) is 11.3. The number of hydrogen-bond acceptors (Lipinski definition) is 5. The summed E-state index contributed by atoms with van der Waals surface area (Å²) in [7, 11) is 0. The highest BCUT2D eigenvalue weighted by molar-refractivity contribution is 7.99. The lowest BCUT2D eigenvalue weighted by Crippen LogP contribution is -2.19. The van der Waals surface area contributed by atoms with E-state index in [4.69, 9.17) is 0 Å². The topological polar surface area (TPSA) is 63.8 Å². The molecule has 0 saturated heterocycles.